The van der Waals surface area contributed by atoms with E-state index in [1.165, 1.54) is 0 Å². The zero-order valence-corrected chi connectivity index (χ0v) is 16.6. The van der Waals surface area contributed by atoms with Crippen molar-refractivity contribution in [3.05, 3.63) is 89.5 Å². The van der Waals surface area contributed by atoms with E-state index in [0.717, 1.165) is 22.4 Å². The van der Waals surface area contributed by atoms with Crippen molar-refractivity contribution >= 4 is 23.2 Å². The number of amides is 2. The lowest BCUT2D eigenvalue weighted by atomic mass is 10.1. The maximum Gasteiger partial charge on any atom is 0.233 e. The van der Waals surface area contributed by atoms with Crippen LogP contribution in [-0.4, -0.2) is 11.8 Å². The predicted molar refractivity (Wildman–Crippen MR) is 115 cm³/mol. The van der Waals surface area contributed by atoms with Crippen molar-refractivity contribution < 1.29 is 14.3 Å². The molecule has 0 aliphatic heterocycles. The summed E-state index contributed by atoms with van der Waals surface area (Å²) in [7, 11) is 0. The molecule has 5 nitrogen and oxygen atoms in total. The molecule has 3 rings (SSSR count). The second-order valence-corrected chi connectivity index (χ2v) is 6.84. The molecule has 0 atom stereocenters. The van der Waals surface area contributed by atoms with Gasteiger partial charge >= 0.3 is 0 Å². The molecule has 0 radical (unpaired) electrons. The first kappa shape index (κ1) is 20.1. The summed E-state index contributed by atoms with van der Waals surface area (Å²) in [6, 6.07) is 22.7. The van der Waals surface area contributed by atoms with Crippen LogP contribution in [0.2, 0.25) is 0 Å². The summed E-state index contributed by atoms with van der Waals surface area (Å²) in [4.78, 5) is 24.4. The van der Waals surface area contributed by atoms with E-state index < -0.39 is 0 Å². The maximum atomic E-state index is 12.2. The fourth-order valence-corrected chi connectivity index (χ4v) is 2.92. The zero-order chi connectivity index (χ0) is 20.6. The number of hydrogen-bond acceptors (Lipinski definition) is 3. The summed E-state index contributed by atoms with van der Waals surface area (Å²) in [6.45, 7) is 4.32. The molecule has 0 aromatic heterocycles. The first-order valence-corrected chi connectivity index (χ1v) is 9.44. The van der Waals surface area contributed by atoms with Crippen molar-refractivity contribution in [3.8, 4) is 5.75 Å². The van der Waals surface area contributed by atoms with Gasteiger partial charge in [0, 0.05) is 11.4 Å². The Labute approximate surface area is 170 Å². The Morgan fingerprint density at radius 1 is 0.759 bits per heavy atom. The number of hydrogen-bond donors (Lipinski definition) is 2. The number of benzene rings is 3. The lowest BCUT2D eigenvalue weighted by Gasteiger charge is -2.12. The van der Waals surface area contributed by atoms with Crippen LogP contribution in [0.15, 0.2) is 72.8 Å². The molecule has 0 spiro atoms. The van der Waals surface area contributed by atoms with Gasteiger partial charge in [-0.3, -0.25) is 9.59 Å². The van der Waals surface area contributed by atoms with E-state index in [-0.39, 0.29) is 18.2 Å². The van der Waals surface area contributed by atoms with Gasteiger partial charge in [0.05, 0.1) is 0 Å². The highest BCUT2D eigenvalue weighted by Gasteiger charge is 2.12. The Morgan fingerprint density at radius 3 is 2.03 bits per heavy atom. The van der Waals surface area contributed by atoms with Crippen molar-refractivity contribution in [2.75, 3.05) is 10.6 Å². The number of carbonyl (C=O) groups excluding carboxylic acids is 2. The SMILES string of the molecule is Cc1cccc(C)c1NC(=O)CC(=O)Nc1ccc(OCc2ccccc2)cc1. The van der Waals surface area contributed by atoms with E-state index in [9.17, 15) is 9.59 Å². The number of anilines is 2. The summed E-state index contributed by atoms with van der Waals surface area (Å²) in [5.74, 6) is -0.00553. The van der Waals surface area contributed by atoms with Crippen molar-refractivity contribution in [1.29, 1.82) is 0 Å². The first-order valence-electron chi connectivity index (χ1n) is 9.44. The Morgan fingerprint density at radius 2 is 1.38 bits per heavy atom. The Kier molecular flexibility index (Phi) is 6.63. The minimum absolute atomic E-state index is 0.250. The van der Waals surface area contributed by atoms with Gasteiger partial charge in [-0.15, -0.1) is 0 Å². The van der Waals surface area contributed by atoms with Crippen LogP contribution in [0.5, 0.6) is 5.75 Å². The fourth-order valence-electron chi connectivity index (χ4n) is 2.92. The normalized spacial score (nSPS) is 10.3. The highest BCUT2D eigenvalue weighted by Crippen LogP contribution is 2.20. The molecule has 3 aromatic carbocycles. The van der Waals surface area contributed by atoms with Gasteiger partial charge in [-0.05, 0) is 54.8 Å². The second kappa shape index (κ2) is 9.55. The van der Waals surface area contributed by atoms with Crippen molar-refractivity contribution in [3.63, 3.8) is 0 Å². The van der Waals surface area contributed by atoms with Gasteiger partial charge in [-0.1, -0.05) is 48.5 Å². The Bertz CT molecular complexity index is 963. The molecule has 0 aliphatic rings. The number of aryl methyl sites for hydroxylation is 2. The van der Waals surface area contributed by atoms with E-state index >= 15 is 0 Å². The van der Waals surface area contributed by atoms with Crippen LogP contribution in [0.4, 0.5) is 11.4 Å². The minimum atomic E-state index is -0.369. The van der Waals surface area contributed by atoms with Crippen LogP contribution in [-0.2, 0) is 16.2 Å². The van der Waals surface area contributed by atoms with E-state index in [1.807, 2.05) is 62.4 Å². The van der Waals surface area contributed by atoms with Crippen LogP contribution >= 0.6 is 0 Å². The van der Waals surface area contributed by atoms with Crippen molar-refractivity contribution in [2.45, 2.75) is 26.9 Å². The van der Waals surface area contributed by atoms with Gasteiger partial charge in [0.25, 0.3) is 0 Å². The maximum absolute atomic E-state index is 12.2. The van der Waals surface area contributed by atoms with Crippen LogP contribution in [0, 0.1) is 13.8 Å². The molecule has 29 heavy (non-hydrogen) atoms. The van der Waals surface area contributed by atoms with Crippen molar-refractivity contribution in [1.82, 2.24) is 0 Å². The number of rotatable bonds is 7. The summed E-state index contributed by atoms with van der Waals surface area (Å²) in [5, 5.41) is 5.55. The smallest absolute Gasteiger partial charge is 0.233 e. The lowest BCUT2D eigenvalue weighted by Crippen LogP contribution is -2.22. The third-order valence-corrected chi connectivity index (χ3v) is 4.45. The number of carbonyl (C=O) groups is 2. The van der Waals surface area contributed by atoms with Crippen LogP contribution in [0.3, 0.4) is 0 Å². The molecular formula is C24H24N2O3. The molecule has 5 heteroatoms. The molecule has 0 fully saturated rings. The average Bonchev–Trinajstić information content (AvgIpc) is 2.71. The summed E-state index contributed by atoms with van der Waals surface area (Å²) in [6.07, 6.45) is -0.250. The van der Waals surface area contributed by atoms with Crippen molar-refractivity contribution in [2.24, 2.45) is 0 Å². The lowest BCUT2D eigenvalue weighted by molar-refractivity contribution is -0.123. The van der Waals surface area contributed by atoms with Gasteiger partial charge in [0.15, 0.2) is 0 Å². The summed E-state index contributed by atoms with van der Waals surface area (Å²) < 4.78 is 5.73. The van der Waals surface area contributed by atoms with Gasteiger partial charge in [0.2, 0.25) is 11.8 Å². The summed E-state index contributed by atoms with van der Waals surface area (Å²) >= 11 is 0. The predicted octanol–water partition coefficient (Wildman–Crippen LogP) is 4.85. The molecule has 148 valence electrons. The standard InChI is InChI=1S/C24H24N2O3/c1-17-7-6-8-18(2)24(17)26-23(28)15-22(27)25-20-11-13-21(14-12-20)29-16-19-9-4-3-5-10-19/h3-14H,15-16H2,1-2H3,(H,25,27)(H,26,28). The van der Waals surface area contributed by atoms with Crippen LogP contribution < -0.4 is 15.4 Å². The van der Waals surface area contributed by atoms with E-state index in [1.54, 1.807) is 24.3 Å². The minimum Gasteiger partial charge on any atom is -0.489 e. The number of nitrogens with one attached hydrogen (secondary N) is 2. The highest BCUT2D eigenvalue weighted by atomic mass is 16.5. The monoisotopic (exact) mass is 388 g/mol. The number of para-hydroxylation sites is 1. The molecule has 0 saturated heterocycles. The highest BCUT2D eigenvalue weighted by molar-refractivity contribution is 6.08. The van der Waals surface area contributed by atoms with E-state index in [2.05, 4.69) is 10.6 Å². The van der Waals surface area contributed by atoms with E-state index in [4.69, 9.17) is 4.74 Å². The molecule has 0 saturated carbocycles. The molecule has 2 N–H and O–H groups in total. The number of ether oxygens (including phenoxy) is 1. The fraction of sp³-hybridized carbons (Fsp3) is 0.167. The van der Waals surface area contributed by atoms with Gasteiger partial charge in [0.1, 0.15) is 18.8 Å². The van der Waals surface area contributed by atoms with E-state index in [0.29, 0.717) is 18.0 Å². The summed E-state index contributed by atoms with van der Waals surface area (Å²) in [5.41, 5.74) is 4.38. The molecular weight excluding hydrogens is 364 g/mol. The third kappa shape index (κ3) is 5.94. The molecule has 2 amide bonds. The quantitative estimate of drug-likeness (QED) is 0.569. The van der Waals surface area contributed by atoms with Gasteiger partial charge in [-0.25, -0.2) is 0 Å². The third-order valence-electron chi connectivity index (χ3n) is 4.45. The first-order chi connectivity index (χ1) is 14.0. The topological polar surface area (TPSA) is 67.4 Å². The van der Waals surface area contributed by atoms with Crippen LogP contribution in [0.25, 0.3) is 0 Å². The van der Waals surface area contributed by atoms with Gasteiger partial charge < -0.3 is 15.4 Å². The molecule has 0 aliphatic carbocycles. The van der Waals surface area contributed by atoms with Crippen LogP contribution in [0.1, 0.15) is 23.1 Å². The Balaban J connectivity index is 1.49. The molecule has 0 bridgehead atoms. The van der Waals surface area contributed by atoms with Gasteiger partial charge in [-0.2, -0.15) is 0 Å². The zero-order valence-electron chi connectivity index (χ0n) is 16.6. The molecule has 3 aromatic rings. The molecule has 0 heterocycles. The second-order valence-electron chi connectivity index (χ2n) is 6.84. The largest absolute Gasteiger partial charge is 0.489 e. The average molecular weight is 388 g/mol. The molecule has 0 unspecified atom stereocenters. The Hall–Kier alpha value is -3.60.